The Morgan fingerprint density at radius 1 is 1.38 bits per heavy atom. The van der Waals surface area contributed by atoms with E-state index in [1.54, 1.807) is 11.8 Å². The molecule has 2 nitrogen and oxygen atoms in total. The highest BCUT2D eigenvalue weighted by Gasteiger charge is 2.13. The summed E-state index contributed by atoms with van der Waals surface area (Å²) in [5.74, 6) is 0. The molecule has 5 heteroatoms. The number of nitrogens with two attached hydrogens (primary N) is 1. The number of hydrogen-bond acceptors (Lipinski definition) is 4. The Balaban J connectivity index is 2.17. The molecule has 0 aliphatic heterocycles. The van der Waals surface area contributed by atoms with Crippen molar-refractivity contribution < 1.29 is 0 Å². The van der Waals surface area contributed by atoms with Gasteiger partial charge in [0.2, 0.25) is 0 Å². The summed E-state index contributed by atoms with van der Waals surface area (Å²) in [5, 5.41) is 3.55. The van der Waals surface area contributed by atoms with Crippen LogP contribution in [0.2, 0.25) is 0 Å². The maximum absolute atomic E-state index is 5.90. The van der Waals surface area contributed by atoms with Crippen LogP contribution in [0.4, 0.5) is 5.69 Å². The number of thioether (sulfide) groups is 1. The molecule has 1 heterocycles. The zero-order valence-electron chi connectivity index (χ0n) is 12.5. The first-order valence-electron chi connectivity index (χ1n) is 6.80. The lowest BCUT2D eigenvalue weighted by Crippen LogP contribution is -2.21. The number of thiocarbonyl (C=S) groups is 1. The van der Waals surface area contributed by atoms with E-state index in [9.17, 15) is 0 Å². The van der Waals surface area contributed by atoms with Gasteiger partial charge in [-0.1, -0.05) is 18.3 Å². The van der Waals surface area contributed by atoms with Gasteiger partial charge in [0, 0.05) is 38.4 Å². The van der Waals surface area contributed by atoms with E-state index in [1.165, 1.54) is 9.75 Å². The number of aryl methyl sites for hydroxylation is 1. The zero-order valence-corrected chi connectivity index (χ0v) is 14.9. The fourth-order valence-electron chi connectivity index (χ4n) is 2.29. The lowest BCUT2D eigenvalue weighted by Gasteiger charge is -2.19. The molecule has 1 aromatic heterocycles. The van der Waals surface area contributed by atoms with Crippen molar-refractivity contribution in [2.75, 3.05) is 11.6 Å². The normalized spacial score (nSPS) is 12.1. The molecule has 0 aliphatic rings. The predicted octanol–water partition coefficient (Wildman–Crippen LogP) is 4.46. The molecule has 0 saturated heterocycles. The molecule has 1 aromatic carbocycles. The van der Waals surface area contributed by atoms with Crippen molar-refractivity contribution in [2.24, 2.45) is 5.73 Å². The van der Waals surface area contributed by atoms with Crippen LogP contribution < -0.4 is 11.1 Å². The topological polar surface area (TPSA) is 38.0 Å². The summed E-state index contributed by atoms with van der Waals surface area (Å²) in [6.07, 6.45) is 3.04. The van der Waals surface area contributed by atoms with Gasteiger partial charge >= 0.3 is 0 Å². The molecule has 0 saturated carbocycles. The summed E-state index contributed by atoms with van der Waals surface area (Å²) < 4.78 is 0. The molecule has 1 atom stereocenters. The third kappa shape index (κ3) is 4.22. The van der Waals surface area contributed by atoms with Crippen LogP contribution in [0.5, 0.6) is 0 Å². The van der Waals surface area contributed by atoms with Crippen molar-refractivity contribution in [2.45, 2.75) is 31.2 Å². The van der Waals surface area contributed by atoms with Gasteiger partial charge in [0.1, 0.15) is 4.99 Å². The summed E-state index contributed by atoms with van der Waals surface area (Å²) in [7, 11) is 0. The monoisotopic (exact) mass is 336 g/mol. The SMILES string of the molecule is CSc1cccc(NC(C)Cc2ccc(C)s2)c1C(N)=S. The number of nitrogens with one attached hydrogen (secondary N) is 1. The summed E-state index contributed by atoms with van der Waals surface area (Å²) in [4.78, 5) is 4.31. The average molecular weight is 337 g/mol. The molecule has 0 bridgehead atoms. The number of benzene rings is 1. The van der Waals surface area contributed by atoms with Gasteiger partial charge in [-0.05, 0) is 44.4 Å². The van der Waals surface area contributed by atoms with Gasteiger partial charge < -0.3 is 11.1 Å². The minimum Gasteiger partial charge on any atom is -0.389 e. The molecule has 112 valence electrons. The van der Waals surface area contributed by atoms with Crippen molar-refractivity contribution in [3.63, 3.8) is 0 Å². The smallest absolute Gasteiger partial charge is 0.107 e. The molecule has 0 spiro atoms. The van der Waals surface area contributed by atoms with Gasteiger partial charge in [-0.15, -0.1) is 23.1 Å². The van der Waals surface area contributed by atoms with E-state index in [4.69, 9.17) is 18.0 Å². The Bertz CT molecular complexity index is 634. The van der Waals surface area contributed by atoms with Crippen molar-refractivity contribution in [3.8, 4) is 0 Å². The second-order valence-electron chi connectivity index (χ2n) is 5.01. The Kier molecular flexibility index (Phi) is 5.67. The summed E-state index contributed by atoms with van der Waals surface area (Å²) >= 11 is 8.73. The molecule has 0 amide bonds. The summed E-state index contributed by atoms with van der Waals surface area (Å²) in [6.45, 7) is 4.32. The molecule has 1 unspecified atom stereocenters. The molecule has 0 aliphatic carbocycles. The van der Waals surface area contributed by atoms with Crippen molar-refractivity contribution in [1.82, 2.24) is 0 Å². The number of thiophene rings is 1. The molecular weight excluding hydrogens is 316 g/mol. The maximum atomic E-state index is 5.90. The van der Waals surface area contributed by atoms with Crippen LogP contribution in [0, 0.1) is 6.92 Å². The fraction of sp³-hybridized carbons (Fsp3) is 0.312. The molecule has 0 radical (unpaired) electrons. The highest BCUT2D eigenvalue weighted by Crippen LogP contribution is 2.28. The zero-order chi connectivity index (χ0) is 15.4. The summed E-state index contributed by atoms with van der Waals surface area (Å²) in [6, 6.07) is 10.8. The minimum atomic E-state index is 0.327. The van der Waals surface area contributed by atoms with Gasteiger partial charge in [-0.25, -0.2) is 0 Å². The Morgan fingerprint density at radius 2 is 2.14 bits per heavy atom. The van der Waals surface area contributed by atoms with Crippen LogP contribution in [0.15, 0.2) is 35.2 Å². The third-order valence-corrected chi connectivity index (χ3v) is 5.20. The predicted molar refractivity (Wildman–Crippen MR) is 100.0 cm³/mol. The molecule has 2 rings (SSSR count). The van der Waals surface area contributed by atoms with Crippen LogP contribution in [0.1, 0.15) is 22.2 Å². The largest absolute Gasteiger partial charge is 0.389 e. The van der Waals surface area contributed by atoms with Crippen molar-refractivity contribution >= 4 is 46.0 Å². The van der Waals surface area contributed by atoms with E-state index in [0.29, 0.717) is 11.0 Å². The second kappa shape index (κ2) is 7.29. The van der Waals surface area contributed by atoms with Crippen LogP contribution in [-0.2, 0) is 6.42 Å². The Labute approximate surface area is 140 Å². The maximum Gasteiger partial charge on any atom is 0.107 e. The molecule has 0 fully saturated rings. The lowest BCUT2D eigenvalue weighted by molar-refractivity contribution is 0.800. The number of anilines is 1. The summed E-state index contributed by atoms with van der Waals surface area (Å²) in [5.41, 5.74) is 7.88. The van der Waals surface area contributed by atoms with E-state index in [-0.39, 0.29) is 0 Å². The second-order valence-corrected chi connectivity index (χ2v) is 7.67. The molecule has 21 heavy (non-hydrogen) atoms. The van der Waals surface area contributed by atoms with Crippen LogP contribution >= 0.6 is 35.3 Å². The highest BCUT2D eigenvalue weighted by atomic mass is 32.2. The van der Waals surface area contributed by atoms with Crippen LogP contribution in [0.3, 0.4) is 0 Å². The third-order valence-electron chi connectivity index (χ3n) is 3.20. The van der Waals surface area contributed by atoms with Crippen LogP contribution in [0.25, 0.3) is 0 Å². The molecular formula is C16H20N2S3. The van der Waals surface area contributed by atoms with Gasteiger partial charge in [-0.2, -0.15) is 0 Å². The first-order chi connectivity index (χ1) is 10.0. The molecule has 2 aromatic rings. The van der Waals surface area contributed by atoms with E-state index in [1.807, 2.05) is 29.7 Å². The Hall–Kier alpha value is -1.04. The van der Waals surface area contributed by atoms with E-state index >= 15 is 0 Å². The van der Waals surface area contributed by atoms with Gasteiger partial charge in [0.15, 0.2) is 0 Å². The molecule has 3 N–H and O–H groups in total. The minimum absolute atomic E-state index is 0.327. The van der Waals surface area contributed by atoms with E-state index in [2.05, 4.69) is 37.4 Å². The van der Waals surface area contributed by atoms with Gasteiger partial charge in [0.25, 0.3) is 0 Å². The lowest BCUT2D eigenvalue weighted by atomic mass is 10.1. The standard InChI is InChI=1S/C16H20N2S3/c1-10(9-12-8-7-11(2)21-12)18-13-5-4-6-14(20-3)15(13)16(17)19/h4-8,10,18H,9H2,1-3H3,(H2,17,19). The van der Waals surface area contributed by atoms with E-state index < -0.39 is 0 Å². The van der Waals surface area contributed by atoms with Crippen molar-refractivity contribution in [1.29, 1.82) is 0 Å². The van der Waals surface area contributed by atoms with Crippen molar-refractivity contribution in [3.05, 3.63) is 45.6 Å². The van der Waals surface area contributed by atoms with E-state index in [0.717, 1.165) is 22.6 Å². The average Bonchev–Trinajstić information content (AvgIpc) is 2.83. The number of hydrogen-bond donors (Lipinski definition) is 2. The fourth-order valence-corrected chi connectivity index (χ4v) is 4.23. The first kappa shape index (κ1) is 16.3. The quantitative estimate of drug-likeness (QED) is 0.603. The van der Waals surface area contributed by atoms with Gasteiger partial charge in [-0.3, -0.25) is 0 Å². The first-order valence-corrected chi connectivity index (χ1v) is 9.25. The Morgan fingerprint density at radius 3 is 2.71 bits per heavy atom. The van der Waals surface area contributed by atoms with Crippen LogP contribution in [-0.4, -0.2) is 17.3 Å². The van der Waals surface area contributed by atoms with Gasteiger partial charge in [0.05, 0.1) is 0 Å². The number of rotatable bonds is 6. The highest BCUT2D eigenvalue weighted by molar-refractivity contribution is 7.98.